The summed E-state index contributed by atoms with van der Waals surface area (Å²) in [5.74, 6) is -0.279. The van der Waals surface area contributed by atoms with E-state index in [2.05, 4.69) is 9.72 Å². The highest BCUT2D eigenvalue weighted by Crippen LogP contribution is 2.16. The van der Waals surface area contributed by atoms with E-state index in [4.69, 9.17) is 0 Å². The van der Waals surface area contributed by atoms with E-state index in [1.807, 2.05) is 0 Å². The minimum atomic E-state index is -0.543. The van der Waals surface area contributed by atoms with Crippen molar-refractivity contribution in [2.75, 3.05) is 26.1 Å². The van der Waals surface area contributed by atoms with Crippen LogP contribution in [0.2, 0.25) is 0 Å². The van der Waals surface area contributed by atoms with E-state index in [9.17, 15) is 9.59 Å². The molecule has 0 radical (unpaired) electrons. The van der Waals surface area contributed by atoms with Gasteiger partial charge in [-0.05, 0) is 12.1 Å². The molecular weight excluding hydrogens is 208 g/mol. The first-order valence-electron chi connectivity index (χ1n) is 4.78. The predicted octanol–water partition coefficient (Wildman–Crippen LogP) is 0.893. The van der Waals surface area contributed by atoms with E-state index in [-0.39, 0.29) is 12.2 Å². The molecule has 0 unspecified atom stereocenters. The standard InChI is InChI=1S/C11H14N2O3/c1-13(2)11-8(5-4-6-12-11)9(14)7-10(15)16-3/h4-6H,7H2,1-3H3. The highest BCUT2D eigenvalue weighted by Gasteiger charge is 2.17. The fourth-order valence-corrected chi connectivity index (χ4v) is 1.27. The molecule has 0 spiro atoms. The van der Waals surface area contributed by atoms with Crippen LogP contribution in [0.1, 0.15) is 16.8 Å². The van der Waals surface area contributed by atoms with Gasteiger partial charge in [0, 0.05) is 20.3 Å². The molecule has 86 valence electrons. The molecule has 0 aliphatic heterocycles. The lowest BCUT2D eigenvalue weighted by Crippen LogP contribution is -2.17. The second kappa shape index (κ2) is 5.25. The predicted molar refractivity (Wildman–Crippen MR) is 59.5 cm³/mol. The van der Waals surface area contributed by atoms with Crippen molar-refractivity contribution in [1.29, 1.82) is 0 Å². The van der Waals surface area contributed by atoms with Crippen molar-refractivity contribution in [3.05, 3.63) is 23.9 Å². The van der Waals surface area contributed by atoms with Crippen LogP contribution in [0.15, 0.2) is 18.3 Å². The number of carbonyl (C=O) groups excluding carboxylic acids is 2. The zero-order chi connectivity index (χ0) is 12.1. The fraction of sp³-hybridized carbons (Fsp3) is 0.364. The van der Waals surface area contributed by atoms with E-state index >= 15 is 0 Å². The third-order valence-corrected chi connectivity index (χ3v) is 2.04. The first-order chi connectivity index (χ1) is 7.56. The molecule has 1 heterocycles. The van der Waals surface area contributed by atoms with Crippen molar-refractivity contribution in [3.8, 4) is 0 Å². The van der Waals surface area contributed by atoms with Gasteiger partial charge in [0.2, 0.25) is 0 Å². The van der Waals surface area contributed by atoms with Gasteiger partial charge in [0.05, 0.1) is 12.7 Å². The number of anilines is 1. The molecule has 0 fully saturated rings. The maximum absolute atomic E-state index is 11.8. The summed E-state index contributed by atoms with van der Waals surface area (Å²) in [5.41, 5.74) is 0.429. The van der Waals surface area contributed by atoms with Gasteiger partial charge in [-0.1, -0.05) is 0 Å². The number of esters is 1. The Morgan fingerprint density at radius 3 is 2.69 bits per heavy atom. The molecule has 5 heteroatoms. The molecular formula is C11H14N2O3. The van der Waals surface area contributed by atoms with Crippen molar-refractivity contribution in [2.24, 2.45) is 0 Å². The van der Waals surface area contributed by atoms with Gasteiger partial charge in [-0.15, -0.1) is 0 Å². The van der Waals surface area contributed by atoms with Crippen molar-refractivity contribution in [1.82, 2.24) is 4.98 Å². The van der Waals surface area contributed by atoms with Gasteiger partial charge in [0.15, 0.2) is 5.78 Å². The summed E-state index contributed by atoms with van der Waals surface area (Å²) in [6.07, 6.45) is 1.34. The highest BCUT2D eigenvalue weighted by atomic mass is 16.5. The monoisotopic (exact) mass is 222 g/mol. The van der Waals surface area contributed by atoms with Crippen LogP contribution in [0.3, 0.4) is 0 Å². The summed E-state index contributed by atoms with van der Waals surface area (Å²) < 4.78 is 4.45. The number of ether oxygens (including phenoxy) is 1. The number of pyridine rings is 1. The molecule has 0 aliphatic carbocycles. The average molecular weight is 222 g/mol. The zero-order valence-corrected chi connectivity index (χ0v) is 9.56. The lowest BCUT2D eigenvalue weighted by Gasteiger charge is -2.14. The first kappa shape index (κ1) is 12.2. The van der Waals surface area contributed by atoms with Crippen LogP contribution in [0.5, 0.6) is 0 Å². The van der Waals surface area contributed by atoms with Crippen LogP contribution in [0.4, 0.5) is 5.82 Å². The molecule has 0 amide bonds. The molecule has 0 bridgehead atoms. The summed E-state index contributed by atoms with van der Waals surface area (Å²) in [5, 5.41) is 0. The van der Waals surface area contributed by atoms with Crippen LogP contribution in [0, 0.1) is 0 Å². The molecule has 16 heavy (non-hydrogen) atoms. The molecule has 1 aromatic rings. The van der Waals surface area contributed by atoms with Gasteiger partial charge < -0.3 is 9.64 Å². The lowest BCUT2D eigenvalue weighted by atomic mass is 10.1. The molecule has 1 rings (SSSR count). The van der Waals surface area contributed by atoms with Crippen LogP contribution in [-0.4, -0.2) is 37.9 Å². The minimum Gasteiger partial charge on any atom is -0.469 e. The maximum Gasteiger partial charge on any atom is 0.313 e. The Labute approximate surface area is 94.0 Å². The number of hydrogen-bond donors (Lipinski definition) is 0. The summed E-state index contributed by atoms with van der Waals surface area (Å²) >= 11 is 0. The highest BCUT2D eigenvalue weighted by molar-refractivity contribution is 6.08. The van der Waals surface area contributed by atoms with E-state index in [0.717, 1.165) is 0 Å². The van der Waals surface area contributed by atoms with Crippen LogP contribution in [-0.2, 0) is 9.53 Å². The number of nitrogens with zero attached hydrogens (tertiary/aromatic N) is 2. The van der Waals surface area contributed by atoms with E-state index in [1.54, 1.807) is 37.3 Å². The molecule has 0 saturated heterocycles. The second-order valence-electron chi connectivity index (χ2n) is 3.45. The molecule has 0 aliphatic rings. The van der Waals surface area contributed by atoms with Crippen LogP contribution >= 0.6 is 0 Å². The maximum atomic E-state index is 11.8. The Morgan fingerprint density at radius 1 is 1.44 bits per heavy atom. The molecule has 0 saturated carbocycles. The summed E-state index contributed by atoms with van der Waals surface area (Å²) in [6, 6.07) is 3.31. The average Bonchev–Trinajstić information content (AvgIpc) is 2.28. The summed E-state index contributed by atoms with van der Waals surface area (Å²) in [7, 11) is 4.83. The molecule has 0 aromatic carbocycles. The van der Waals surface area contributed by atoms with E-state index in [0.29, 0.717) is 11.4 Å². The Morgan fingerprint density at radius 2 is 2.12 bits per heavy atom. The van der Waals surface area contributed by atoms with Gasteiger partial charge in [-0.25, -0.2) is 4.98 Å². The number of carbonyl (C=O) groups is 2. The van der Waals surface area contributed by atoms with E-state index < -0.39 is 5.97 Å². The SMILES string of the molecule is COC(=O)CC(=O)c1cccnc1N(C)C. The van der Waals surface area contributed by atoms with Crippen molar-refractivity contribution in [3.63, 3.8) is 0 Å². The molecule has 1 aromatic heterocycles. The molecule has 0 atom stereocenters. The minimum absolute atomic E-state index is 0.261. The topological polar surface area (TPSA) is 59.5 Å². The Balaban J connectivity index is 2.95. The smallest absolute Gasteiger partial charge is 0.313 e. The largest absolute Gasteiger partial charge is 0.469 e. The van der Waals surface area contributed by atoms with Gasteiger partial charge in [-0.2, -0.15) is 0 Å². The van der Waals surface area contributed by atoms with Gasteiger partial charge in [0.25, 0.3) is 0 Å². The Bertz CT molecular complexity index is 402. The summed E-state index contributed by atoms with van der Waals surface area (Å²) in [4.78, 5) is 28.6. The number of methoxy groups -OCH3 is 1. The summed E-state index contributed by atoms with van der Waals surface area (Å²) in [6.45, 7) is 0. The van der Waals surface area contributed by atoms with Crippen molar-refractivity contribution in [2.45, 2.75) is 6.42 Å². The van der Waals surface area contributed by atoms with Crippen LogP contribution in [0.25, 0.3) is 0 Å². The number of ketones is 1. The van der Waals surface area contributed by atoms with Crippen molar-refractivity contribution < 1.29 is 14.3 Å². The number of aromatic nitrogens is 1. The number of hydrogen-bond acceptors (Lipinski definition) is 5. The number of Topliss-reactive ketones (excluding diaryl/α,β-unsaturated/α-hetero) is 1. The Kier molecular flexibility index (Phi) is 3.99. The van der Waals surface area contributed by atoms with Crippen molar-refractivity contribution >= 4 is 17.6 Å². The number of rotatable bonds is 4. The third-order valence-electron chi connectivity index (χ3n) is 2.04. The van der Waals surface area contributed by atoms with Crippen LogP contribution < -0.4 is 4.90 Å². The van der Waals surface area contributed by atoms with Gasteiger partial charge in [-0.3, -0.25) is 9.59 Å². The van der Waals surface area contributed by atoms with E-state index in [1.165, 1.54) is 7.11 Å². The zero-order valence-electron chi connectivity index (χ0n) is 9.56. The Hall–Kier alpha value is -1.91. The fourth-order valence-electron chi connectivity index (χ4n) is 1.27. The quantitative estimate of drug-likeness (QED) is 0.430. The first-order valence-corrected chi connectivity index (χ1v) is 4.78. The lowest BCUT2D eigenvalue weighted by molar-refractivity contribution is -0.139. The second-order valence-corrected chi connectivity index (χ2v) is 3.45. The molecule has 0 N–H and O–H groups in total. The van der Waals surface area contributed by atoms with Gasteiger partial charge >= 0.3 is 5.97 Å². The van der Waals surface area contributed by atoms with Gasteiger partial charge in [0.1, 0.15) is 12.2 Å². The normalized spacial score (nSPS) is 9.69. The third kappa shape index (κ3) is 2.79. The molecule has 5 nitrogen and oxygen atoms in total.